The van der Waals surface area contributed by atoms with Crippen LogP contribution in [0.3, 0.4) is 0 Å². The lowest BCUT2D eigenvalue weighted by atomic mass is 10.1. The highest BCUT2D eigenvalue weighted by Gasteiger charge is 2.08. The molecule has 0 unspecified atom stereocenters. The molecule has 0 N–H and O–H groups in total. The first-order valence-corrected chi connectivity index (χ1v) is 10.5. The van der Waals surface area contributed by atoms with E-state index in [0.29, 0.717) is 17.9 Å². The smallest absolute Gasteiger partial charge is 0.185 e. The number of benzene rings is 3. The Kier molecular flexibility index (Phi) is 6.43. The summed E-state index contributed by atoms with van der Waals surface area (Å²) in [6.07, 6.45) is 5.13. The Bertz CT molecular complexity index is 1240. The minimum absolute atomic E-state index is 0.0528. The van der Waals surface area contributed by atoms with Crippen molar-refractivity contribution in [3.8, 4) is 11.5 Å². The molecule has 0 bridgehead atoms. The molecule has 0 fully saturated rings. The SMILES string of the molecule is COc1ccc(/C=C/C(=O)c2ccc(Br)cc2)cc1COc1cccc2cccnc12. The number of pyridine rings is 1. The summed E-state index contributed by atoms with van der Waals surface area (Å²) in [4.78, 5) is 16.8. The highest BCUT2D eigenvalue weighted by atomic mass is 79.9. The van der Waals surface area contributed by atoms with Crippen LogP contribution < -0.4 is 9.47 Å². The van der Waals surface area contributed by atoms with Crippen molar-refractivity contribution in [2.75, 3.05) is 7.11 Å². The van der Waals surface area contributed by atoms with E-state index in [1.165, 1.54) is 0 Å². The van der Waals surface area contributed by atoms with Crippen LogP contribution in [0.2, 0.25) is 0 Å². The van der Waals surface area contributed by atoms with E-state index in [9.17, 15) is 4.79 Å². The van der Waals surface area contributed by atoms with Gasteiger partial charge >= 0.3 is 0 Å². The van der Waals surface area contributed by atoms with Gasteiger partial charge in [-0.25, -0.2) is 0 Å². The maximum atomic E-state index is 12.4. The molecular formula is C26H20BrNO3. The van der Waals surface area contributed by atoms with Gasteiger partial charge in [-0.3, -0.25) is 9.78 Å². The van der Waals surface area contributed by atoms with E-state index in [1.54, 1.807) is 37.6 Å². The summed E-state index contributed by atoms with van der Waals surface area (Å²) >= 11 is 3.38. The molecule has 154 valence electrons. The van der Waals surface area contributed by atoms with Crippen molar-refractivity contribution in [3.05, 3.63) is 106 Å². The van der Waals surface area contributed by atoms with E-state index in [1.807, 2.05) is 60.7 Å². The summed E-state index contributed by atoms with van der Waals surface area (Å²) in [6, 6.07) is 22.8. The second-order valence-electron chi connectivity index (χ2n) is 6.90. The highest BCUT2D eigenvalue weighted by molar-refractivity contribution is 9.10. The molecule has 0 aliphatic rings. The monoisotopic (exact) mass is 473 g/mol. The van der Waals surface area contributed by atoms with Gasteiger partial charge in [-0.2, -0.15) is 0 Å². The predicted molar refractivity (Wildman–Crippen MR) is 127 cm³/mol. The quantitative estimate of drug-likeness (QED) is 0.227. The molecule has 0 atom stereocenters. The fraction of sp³-hybridized carbons (Fsp3) is 0.0769. The minimum atomic E-state index is -0.0528. The summed E-state index contributed by atoms with van der Waals surface area (Å²) < 4.78 is 12.5. The van der Waals surface area contributed by atoms with Crippen LogP contribution in [0.5, 0.6) is 11.5 Å². The largest absolute Gasteiger partial charge is 0.496 e. The van der Waals surface area contributed by atoms with E-state index in [2.05, 4.69) is 20.9 Å². The molecule has 0 saturated heterocycles. The van der Waals surface area contributed by atoms with E-state index in [4.69, 9.17) is 9.47 Å². The van der Waals surface area contributed by atoms with E-state index in [-0.39, 0.29) is 5.78 Å². The zero-order valence-corrected chi connectivity index (χ0v) is 18.5. The van der Waals surface area contributed by atoms with Crippen molar-refractivity contribution in [2.24, 2.45) is 0 Å². The molecule has 31 heavy (non-hydrogen) atoms. The number of fused-ring (bicyclic) bond motifs is 1. The van der Waals surface area contributed by atoms with Crippen LogP contribution in [-0.4, -0.2) is 17.9 Å². The van der Waals surface area contributed by atoms with Crippen LogP contribution >= 0.6 is 15.9 Å². The van der Waals surface area contributed by atoms with Gasteiger partial charge in [0.05, 0.1) is 7.11 Å². The molecule has 1 aromatic heterocycles. The highest BCUT2D eigenvalue weighted by Crippen LogP contribution is 2.27. The standard InChI is InChI=1S/C26H20BrNO3/c1-30-24-14-8-18(7-13-23(29)19-9-11-22(27)12-10-19)16-21(24)17-31-25-6-2-4-20-5-3-15-28-26(20)25/h2-16H,17H2,1H3/b13-7+. The number of methoxy groups -OCH3 is 1. The third kappa shape index (κ3) is 5.01. The number of ketones is 1. The van der Waals surface area contributed by atoms with Gasteiger partial charge in [-0.15, -0.1) is 0 Å². The molecule has 0 amide bonds. The number of aromatic nitrogens is 1. The molecule has 4 nitrogen and oxygen atoms in total. The number of allylic oxidation sites excluding steroid dienone is 1. The average molecular weight is 474 g/mol. The van der Waals surface area contributed by atoms with E-state index < -0.39 is 0 Å². The predicted octanol–water partition coefficient (Wildman–Crippen LogP) is 6.48. The zero-order chi connectivity index (χ0) is 21.6. The Balaban J connectivity index is 1.53. The zero-order valence-electron chi connectivity index (χ0n) is 16.9. The molecule has 0 radical (unpaired) electrons. The van der Waals surface area contributed by atoms with Crippen LogP contribution in [0.1, 0.15) is 21.5 Å². The van der Waals surface area contributed by atoms with Crippen molar-refractivity contribution in [1.82, 2.24) is 4.98 Å². The molecular weight excluding hydrogens is 454 g/mol. The average Bonchev–Trinajstić information content (AvgIpc) is 2.81. The molecule has 0 aliphatic heterocycles. The van der Waals surface area contributed by atoms with Gasteiger partial charge in [0.25, 0.3) is 0 Å². The first kappa shape index (κ1) is 20.8. The number of rotatable bonds is 7. The minimum Gasteiger partial charge on any atom is -0.496 e. The van der Waals surface area contributed by atoms with Crippen molar-refractivity contribution in [1.29, 1.82) is 0 Å². The van der Waals surface area contributed by atoms with Gasteiger partial charge in [-0.1, -0.05) is 46.3 Å². The van der Waals surface area contributed by atoms with Gasteiger partial charge < -0.3 is 9.47 Å². The summed E-state index contributed by atoms with van der Waals surface area (Å²) in [6.45, 7) is 0.321. The van der Waals surface area contributed by atoms with Crippen molar-refractivity contribution in [2.45, 2.75) is 6.61 Å². The van der Waals surface area contributed by atoms with Gasteiger partial charge in [0.2, 0.25) is 0 Å². The molecule has 0 spiro atoms. The number of ether oxygens (including phenoxy) is 2. The first-order chi connectivity index (χ1) is 15.1. The molecule has 4 rings (SSSR count). The lowest BCUT2D eigenvalue weighted by Gasteiger charge is -2.12. The van der Waals surface area contributed by atoms with Crippen molar-refractivity contribution in [3.63, 3.8) is 0 Å². The second kappa shape index (κ2) is 9.58. The maximum Gasteiger partial charge on any atom is 0.185 e. The molecule has 4 aromatic rings. The molecule has 3 aromatic carbocycles. The third-order valence-corrected chi connectivity index (χ3v) is 5.37. The summed E-state index contributed by atoms with van der Waals surface area (Å²) in [5.41, 5.74) is 3.23. The molecule has 0 aliphatic carbocycles. The fourth-order valence-electron chi connectivity index (χ4n) is 3.25. The Hall–Kier alpha value is -3.44. The summed E-state index contributed by atoms with van der Waals surface area (Å²) in [7, 11) is 1.63. The van der Waals surface area contributed by atoms with Crippen molar-refractivity contribution < 1.29 is 14.3 Å². The van der Waals surface area contributed by atoms with Crippen molar-refractivity contribution >= 4 is 38.7 Å². The number of carbonyl (C=O) groups is 1. The summed E-state index contributed by atoms with van der Waals surface area (Å²) in [5, 5.41) is 1.02. The number of hydrogen-bond acceptors (Lipinski definition) is 4. The lowest BCUT2D eigenvalue weighted by molar-refractivity contribution is 0.104. The lowest BCUT2D eigenvalue weighted by Crippen LogP contribution is -2.00. The number of halogens is 1. The Morgan fingerprint density at radius 3 is 2.61 bits per heavy atom. The van der Waals surface area contributed by atoms with Crippen LogP contribution in [0.4, 0.5) is 0 Å². The van der Waals surface area contributed by atoms with Gasteiger partial charge in [0.1, 0.15) is 23.6 Å². The number of para-hydroxylation sites is 1. The second-order valence-corrected chi connectivity index (χ2v) is 7.81. The van der Waals surface area contributed by atoms with E-state index in [0.717, 1.165) is 32.3 Å². The van der Waals surface area contributed by atoms with Crippen LogP contribution in [0.25, 0.3) is 17.0 Å². The molecule has 0 saturated carbocycles. The normalized spacial score (nSPS) is 11.0. The molecule has 5 heteroatoms. The Morgan fingerprint density at radius 1 is 1.00 bits per heavy atom. The molecule has 1 heterocycles. The van der Waals surface area contributed by atoms with Crippen LogP contribution in [-0.2, 0) is 6.61 Å². The van der Waals surface area contributed by atoms with Crippen LogP contribution in [0, 0.1) is 0 Å². The maximum absolute atomic E-state index is 12.4. The Labute approximate surface area is 189 Å². The van der Waals surface area contributed by atoms with E-state index >= 15 is 0 Å². The number of nitrogens with zero attached hydrogens (tertiary/aromatic N) is 1. The topological polar surface area (TPSA) is 48.4 Å². The fourth-order valence-corrected chi connectivity index (χ4v) is 3.51. The number of carbonyl (C=O) groups excluding carboxylic acids is 1. The number of hydrogen-bond donors (Lipinski definition) is 0. The van der Waals surface area contributed by atoms with Gasteiger partial charge in [-0.05, 0) is 60.2 Å². The van der Waals surface area contributed by atoms with Gasteiger partial charge in [0, 0.05) is 27.2 Å². The Morgan fingerprint density at radius 2 is 1.81 bits per heavy atom. The summed E-state index contributed by atoms with van der Waals surface area (Å²) in [5.74, 6) is 1.39. The van der Waals surface area contributed by atoms with Crippen LogP contribution in [0.15, 0.2) is 89.5 Å². The first-order valence-electron chi connectivity index (χ1n) is 9.75. The van der Waals surface area contributed by atoms with Gasteiger partial charge in [0.15, 0.2) is 5.78 Å². The third-order valence-electron chi connectivity index (χ3n) is 4.84.